The predicted octanol–water partition coefficient (Wildman–Crippen LogP) is 7.08. The number of aromatic nitrogens is 2. The minimum Gasteiger partial charge on any atom is -0.488 e. The molecule has 1 aliphatic rings. The number of pyridine rings is 2. The number of nitro benzene ring substituents is 1. The van der Waals surface area contributed by atoms with Crippen LogP contribution >= 0.6 is 0 Å². The van der Waals surface area contributed by atoms with Gasteiger partial charge in [0, 0.05) is 53.5 Å². The lowest BCUT2D eigenvalue weighted by atomic mass is 10.1. The Kier molecular flexibility index (Phi) is 11.0. The molecule has 0 radical (unpaired) electrons. The van der Waals surface area contributed by atoms with Gasteiger partial charge in [-0.25, -0.2) is 9.97 Å². The number of nitrogen functional groups attached to an aromatic ring is 3. The molecule has 1 saturated heterocycles. The first-order valence-corrected chi connectivity index (χ1v) is 15.1. The van der Waals surface area contributed by atoms with Crippen LogP contribution in [0.1, 0.15) is 24.0 Å². The van der Waals surface area contributed by atoms with Crippen molar-refractivity contribution in [2.24, 2.45) is 0 Å². The minimum absolute atomic E-state index is 0.0658. The maximum absolute atomic E-state index is 11.1. The van der Waals surface area contributed by atoms with Gasteiger partial charge in [0.1, 0.15) is 36.3 Å². The number of nitrogens with zero attached hydrogens (tertiary/aromatic N) is 3. The second-order valence-corrected chi connectivity index (χ2v) is 10.7. The number of nitrogens with two attached hydrogens (primary N) is 3. The van der Waals surface area contributed by atoms with Gasteiger partial charge in [0.15, 0.2) is 0 Å². The van der Waals surface area contributed by atoms with Crippen molar-refractivity contribution in [3.05, 3.63) is 131 Å². The van der Waals surface area contributed by atoms with Crippen LogP contribution < -0.4 is 26.7 Å². The molecule has 6 aromatic rings. The summed E-state index contributed by atoms with van der Waals surface area (Å²) in [4.78, 5) is 18.6. The molecule has 3 heterocycles. The molecule has 0 amide bonds. The summed E-state index contributed by atoms with van der Waals surface area (Å²) >= 11 is 0. The predicted molar refractivity (Wildman–Crippen MR) is 185 cm³/mol. The molecule has 7 rings (SSSR count). The quantitative estimate of drug-likeness (QED) is 0.0937. The lowest BCUT2D eigenvalue weighted by Gasteiger charge is -2.11. The zero-order valence-electron chi connectivity index (χ0n) is 25.7. The fraction of sp³-hybridized carbons (Fsp3) is 0.167. The summed E-state index contributed by atoms with van der Waals surface area (Å²) in [5, 5.41) is 14.4. The Balaban J connectivity index is 0.000000161. The summed E-state index contributed by atoms with van der Waals surface area (Å²) < 4.78 is 16.6. The Bertz CT molecular complexity index is 1960. The van der Waals surface area contributed by atoms with Gasteiger partial charge in [0.2, 0.25) is 0 Å². The molecular weight excluding hydrogens is 596 g/mol. The van der Waals surface area contributed by atoms with E-state index in [-0.39, 0.29) is 5.69 Å². The van der Waals surface area contributed by atoms with Crippen molar-refractivity contribution in [2.75, 3.05) is 30.4 Å². The molecule has 0 bridgehead atoms. The number of nitro groups is 1. The third-order valence-electron chi connectivity index (χ3n) is 7.28. The molecular formula is C36H36N6O5. The van der Waals surface area contributed by atoms with Gasteiger partial charge in [-0.1, -0.05) is 42.5 Å². The summed E-state index contributed by atoms with van der Waals surface area (Å²) in [6, 6.07) is 29.1. The van der Waals surface area contributed by atoms with E-state index in [2.05, 4.69) is 9.97 Å². The van der Waals surface area contributed by atoms with Crippen LogP contribution in [0.4, 0.5) is 23.0 Å². The van der Waals surface area contributed by atoms with E-state index in [0.29, 0.717) is 41.4 Å². The SMILES string of the molecule is C1CCOC1.Nc1cc(COc2ccc(N)c3ccccc23)ccn1.Nc1cc(COc2ccc([N+](=O)[O-])c3ccccc23)ccn1. The highest BCUT2D eigenvalue weighted by atomic mass is 16.6. The van der Waals surface area contributed by atoms with Gasteiger partial charge in [0.25, 0.3) is 5.69 Å². The van der Waals surface area contributed by atoms with Gasteiger partial charge in [-0.2, -0.15) is 0 Å². The summed E-state index contributed by atoms with van der Waals surface area (Å²) in [6.45, 7) is 2.76. The number of fused-ring (bicyclic) bond motifs is 2. The smallest absolute Gasteiger partial charge is 0.277 e. The number of benzene rings is 4. The van der Waals surface area contributed by atoms with Crippen LogP contribution in [0, 0.1) is 10.1 Å². The molecule has 4 aromatic carbocycles. The molecule has 6 N–H and O–H groups in total. The number of rotatable bonds is 7. The van der Waals surface area contributed by atoms with Crippen LogP contribution in [0.15, 0.2) is 109 Å². The molecule has 0 saturated carbocycles. The number of ether oxygens (including phenoxy) is 3. The topological polar surface area (TPSA) is 175 Å². The summed E-state index contributed by atoms with van der Waals surface area (Å²) in [5.41, 5.74) is 19.9. The highest BCUT2D eigenvalue weighted by Crippen LogP contribution is 2.33. The van der Waals surface area contributed by atoms with Crippen LogP contribution in [0.3, 0.4) is 0 Å². The number of hydrogen-bond acceptors (Lipinski definition) is 10. The first-order chi connectivity index (χ1) is 22.9. The number of hydrogen-bond donors (Lipinski definition) is 3. The zero-order chi connectivity index (χ0) is 33.0. The van der Waals surface area contributed by atoms with Gasteiger partial charge < -0.3 is 31.4 Å². The van der Waals surface area contributed by atoms with E-state index in [1.165, 1.54) is 18.9 Å². The molecule has 0 aliphatic carbocycles. The lowest BCUT2D eigenvalue weighted by molar-refractivity contribution is -0.383. The van der Waals surface area contributed by atoms with E-state index in [4.69, 9.17) is 31.4 Å². The normalized spacial score (nSPS) is 12.0. The fourth-order valence-corrected chi connectivity index (χ4v) is 4.96. The minimum atomic E-state index is -0.393. The van der Waals surface area contributed by atoms with E-state index in [9.17, 15) is 10.1 Å². The summed E-state index contributed by atoms with van der Waals surface area (Å²) in [5.74, 6) is 2.32. The number of non-ortho nitro benzene ring substituents is 1. The van der Waals surface area contributed by atoms with E-state index >= 15 is 0 Å². The first kappa shape index (κ1) is 32.5. The Labute approximate surface area is 272 Å². The molecule has 2 aromatic heterocycles. The highest BCUT2D eigenvalue weighted by Gasteiger charge is 2.14. The van der Waals surface area contributed by atoms with Crippen molar-refractivity contribution < 1.29 is 19.1 Å². The van der Waals surface area contributed by atoms with E-state index in [1.807, 2.05) is 54.6 Å². The molecule has 1 aliphatic heterocycles. The fourth-order valence-electron chi connectivity index (χ4n) is 4.96. The standard InChI is InChI=1S/C16H13N3O3.C16H15N3O.C4H8O/c17-16-9-11(7-8-18-16)10-22-15-6-5-14(19(20)21)12-3-1-2-4-13(12)15;17-14-5-6-15(13-4-2-1-3-12(13)14)20-10-11-7-8-19-16(18)9-11;1-2-4-5-3-1/h1-9H,10H2,(H2,17,18);1-9H,10,17H2,(H2,18,19);1-4H2. The van der Waals surface area contributed by atoms with Crippen LogP contribution in [0.5, 0.6) is 11.5 Å². The average molecular weight is 633 g/mol. The van der Waals surface area contributed by atoms with E-state index < -0.39 is 4.92 Å². The van der Waals surface area contributed by atoms with Gasteiger partial charge in [-0.15, -0.1) is 0 Å². The summed E-state index contributed by atoms with van der Waals surface area (Å²) in [7, 11) is 0. The van der Waals surface area contributed by atoms with Crippen LogP contribution in [-0.4, -0.2) is 28.1 Å². The van der Waals surface area contributed by atoms with Gasteiger partial charge in [-0.3, -0.25) is 10.1 Å². The maximum atomic E-state index is 11.1. The third-order valence-corrected chi connectivity index (χ3v) is 7.28. The maximum Gasteiger partial charge on any atom is 0.277 e. The van der Waals surface area contributed by atoms with E-state index in [1.54, 1.807) is 48.8 Å². The molecule has 11 nitrogen and oxygen atoms in total. The van der Waals surface area contributed by atoms with Crippen molar-refractivity contribution in [1.82, 2.24) is 9.97 Å². The molecule has 0 unspecified atom stereocenters. The van der Waals surface area contributed by atoms with Crippen LogP contribution in [0.25, 0.3) is 21.5 Å². The molecule has 0 spiro atoms. The molecule has 1 fully saturated rings. The number of anilines is 3. The van der Waals surface area contributed by atoms with Crippen LogP contribution in [-0.2, 0) is 18.0 Å². The highest BCUT2D eigenvalue weighted by molar-refractivity contribution is 5.97. The Morgan fingerprint density at radius 3 is 1.64 bits per heavy atom. The molecule has 240 valence electrons. The molecule has 11 heteroatoms. The van der Waals surface area contributed by atoms with Crippen molar-refractivity contribution in [3.63, 3.8) is 0 Å². The van der Waals surface area contributed by atoms with Gasteiger partial charge >= 0.3 is 0 Å². The van der Waals surface area contributed by atoms with E-state index in [0.717, 1.165) is 46.6 Å². The van der Waals surface area contributed by atoms with Crippen molar-refractivity contribution in [2.45, 2.75) is 26.1 Å². The van der Waals surface area contributed by atoms with Crippen molar-refractivity contribution >= 4 is 44.6 Å². The Morgan fingerprint density at radius 1 is 0.660 bits per heavy atom. The second-order valence-electron chi connectivity index (χ2n) is 10.7. The van der Waals surface area contributed by atoms with Crippen molar-refractivity contribution in [3.8, 4) is 11.5 Å². The first-order valence-electron chi connectivity index (χ1n) is 15.1. The average Bonchev–Trinajstić information content (AvgIpc) is 3.68. The van der Waals surface area contributed by atoms with Gasteiger partial charge in [0.05, 0.1) is 10.3 Å². The third kappa shape index (κ3) is 8.83. The second kappa shape index (κ2) is 15.9. The molecule has 0 atom stereocenters. The lowest BCUT2D eigenvalue weighted by Crippen LogP contribution is -1.99. The largest absolute Gasteiger partial charge is 0.488 e. The van der Waals surface area contributed by atoms with Crippen molar-refractivity contribution in [1.29, 1.82) is 0 Å². The zero-order valence-corrected chi connectivity index (χ0v) is 25.7. The summed E-state index contributed by atoms with van der Waals surface area (Å²) in [6.07, 6.45) is 5.84. The molecule has 47 heavy (non-hydrogen) atoms. The Morgan fingerprint density at radius 2 is 1.15 bits per heavy atom. The monoisotopic (exact) mass is 632 g/mol. The Hall–Kier alpha value is -5.94. The van der Waals surface area contributed by atoms with Gasteiger partial charge in [-0.05, 0) is 72.5 Å². The van der Waals surface area contributed by atoms with Crippen LogP contribution in [0.2, 0.25) is 0 Å².